The number of anilines is 1. The lowest BCUT2D eigenvalue weighted by atomic mass is 10.1. The van der Waals surface area contributed by atoms with E-state index in [0.717, 1.165) is 56.2 Å². The summed E-state index contributed by atoms with van der Waals surface area (Å²) in [4.78, 5) is 14.6. The van der Waals surface area contributed by atoms with Gasteiger partial charge in [-0.25, -0.2) is 4.79 Å². The number of amides is 2. The van der Waals surface area contributed by atoms with E-state index in [1.807, 2.05) is 35.9 Å². The van der Waals surface area contributed by atoms with Crippen LogP contribution in [0, 0.1) is 5.92 Å². The molecule has 2 N–H and O–H groups in total. The topological polar surface area (TPSA) is 84.3 Å². The number of rotatable bonds is 8. The normalized spacial score (nSPS) is 17.2. The van der Waals surface area contributed by atoms with Crippen molar-refractivity contribution in [3.63, 3.8) is 0 Å². The summed E-state index contributed by atoms with van der Waals surface area (Å²) in [5, 5.41) is 13.8. The van der Waals surface area contributed by atoms with Crippen LogP contribution in [0.5, 0.6) is 0 Å². The average molecular weight is 372 g/mol. The van der Waals surface area contributed by atoms with Gasteiger partial charge in [0.15, 0.2) is 5.82 Å². The fourth-order valence-electron chi connectivity index (χ4n) is 3.37. The van der Waals surface area contributed by atoms with Gasteiger partial charge >= 0.3 is 6.03 Å². The summed E-state index contributed by atoms with van der Waals surface area (Å²) in [6.07, 6.45) is 3.85. The third kappa shape index (κ3) is 5.51. The molecular formula is C19H28N6O2. The molecule has 8 nitrogen and oxygen atoms in total. The van der Waals surface area contributed by atoms with Crippen molar-refractivity contribution in [2.45, 2.75) is 12.8 Å². The van der Waals surface area contributed by atoms with Crippen molar-refractivity contribution in [2.75, 3.05) is 45.2 Å². The molecule has 1 aliphatic heterocycles. The van der Waals surface area contributed by atoms with Gasteiger partial charge < -0.3 is 24.8 Å². The van der Waals surface area contributed by atoms with Gasteiger partial charge in [0.1, 0.15) is 6.33 Å². The smallest absolute Gasteiger partial charge is 0.319 e. The van der Waals surface area contributed by atoms with E-state index >= 15 is 0 Å². The second-order valence-corrected chi connectivity index (χ2v) is 6.98. The van der Waals surface area contributed by atoms with E-state index in [1.54, 1.807) is 13.4 Å². The first-order valence-corrected chi connectivity index (χ1v) is 9.36. The van der Waals surface area contributed by atoms with Crippen molar-refractivity contribution in [1.82, 2.24) is 25.0 Å². The molecule has 2 aromatic rings. The Bertz CT molecular complexity index is 730. The SMILES string of the molecule is COCCCN1CC[C@@H](CNC(=O)Nc2ccc(-c3nncn3C)cc2)C1. The fraction of sp³-hybridized carbons (Fsp3) is 0.526. The molecule has 1 fully saturated rings. The van der Waals surface area contributed by atoms with Crippen LogP contribution in [-0.4, -0.2) is 65.6 Å². The maximum absolute atomic E-state index is 12.2. The molecule has 146 valence electrons. The molecule has 2 heterocycles. The zero-order chi connectivity index (χ0) is 19.1. The molecule has 27 heavy (non-hydrogen) atoms. The molecule has 1 atom stereocenters. The first-order chi connectivity index (χ1) is 13.2. The highest BCUT2D eigenvalue weighted by Gasteiger charge is 2.22. The molecule has 8 heteroatoms. The highest BCUT2D eigenvalue weighted by atomic mass is 16.5. The van der Waals surface area contributed by atoms with E-state index in [2.05, 4.69) is 25.7 Å². The van der Waals surface area contributed by atoms with Crippen LogP contribution in [0.4, 0.5) is 10.5 Å². The first-order valence-electron chi connectivity index (χ1n) is 9.36. The van der Waals surface area contributed by atoms with E-state index in [4.69, 9.17) is 4.74 Å². The van der Waals surface area contributed by atoms with Crippen LogP contribution in [0.3, 0.4) is 0 Å². The Balaban J connectivity index is 1.40. The predicted octanol–water partition coefficient (Wildman–Crippen LogP) is 1.96. The van der Waals surface area contributed by atoms with Gasteiger partial charge in [-0.1, -0.05) is 0 Å². The van der Waals surface area contributed by atoms with Gasteiger partial charge in [0.05, 0.1) is 0 Å². The van der Waals surface area contributed by atoms with Gasteiger partial charge in [-0.05, 0) is 49.6 Å². The van der Waals surface area contributed by atoms with Crippen LogP contribution in [0.25, 0.3) is 11.4 Å². The number of benzene rings is 1. The lowest BCUT2D eigenvalue weighted by Crippen LogP contribution is -2.34. The Morgan fingerprint density at radius 3 is 2.85 bits per heavy atom. The molecule has 3 rings (SSSR count). The molecule has 0 spiro atoms. The maximum atomic E-state index is 12.2. The van der Waals surface area contributed by atoms with Crippen molar-refractivity contribution in [2.24, 2.45) is 13.0 Å². The van der Waals surface area contributed by atoms with Crippen LogP contribution in [-0.2, 0) is 11.8 Å². The zero-order valence-electron chi connectivity index (χ0n) is 16.0. The highest BCUT2D eigenvalue weighted by molar-refractivity contribution is 5.89. The number of methoxy groups -OCH3 is 1. The zero-order valence-corrected chi connectivity index (χ0v) is 16.0. The van der Waals surface area contributed by atoms with Gasteiger partial charge in [-0.3, -0.25) is 0 Å². The fourth-order valence-corrected chi connectivity index (χ4v) is 3.37. The number of carbonyl (C=O) groups excluding carboxylic acids is 1. The molecule has 2 amide bonds. The molecule has 1 aliphatic rings. The summed E-state index contributed by atoms with van der Waals surface area (Å²) in [6.45, 7) is 4.70. The minimum absolute atomic E-state index is 0.167. The summed E-state index contributed by atoms with van der Waals surface area (Å²) in [5.74, 6) is 1.30. The average Bonchev–Trinajstić information content (AvgIpc) is 3.30. The molecule has 1 aromatic carbocycles. The van der Waals surface area contributed by atoms with Gasteiger partial charge in [-0.2, -0.15) is 0 Å². The Morgan fingerprint density at radius 1 is 1.33 bits per heavy atom. The number of ether oxygens (including phenoxy) is 1. The van der Waals surface area contributed by atoms with Gasteiger partial charge in [0.2, 0.25) is 0 Å². The number of urea groups is 1. The van der Waals surface area contributed by atoms with Crippen LogP contribution < -0.4 is 10.6 Å². The van der Waals surface area contributed by atoms with Crippen LogP contribution >= 0.6 is 0 Å². The number of aromatic nitrogens is 3. The van der Waals surface area contributed by atoms with Gasteiger partial charge in [0, 0.05) is 51.6 Å². The van der Waals surface area contributed by atoms with Gasteiger partial charge in [-0.15, -0.1) is 10.2 Å². The second kappa shape index (κ2) is 9.48. The number of carbonyl (C=O) groups is 1. The molecule has 0 unspecified atom stereocenters. The lowest BCUT2D eigenvalue weighted by Gasteiger charge is -2.16. The monoisotopic (exact) mass is 372 g/mol. The second-order valence-electron chi connectivity index (χ2n) is 6.98. The molecule has 1 aromatic heterocycles. The van der Waals surface area contributed by atoms with E-state index in [0.29, 0.717) is 12.5 Å². The lowest BCUT2D eigenvalue weighted by molar-refractivity contribution is 0.178. The molecule has 0 bridgehead atoms. The van der Waals surface area contributed by atoms with Crippen LogP contribution in [0.1, 0.15) is 12.8 Å². The van der Waals surface area contributed by atoms with E-state index in [1.165, 1.54) is 0 Å². The standard InChI is InChI=1S/C19H28N6O2/c1-24-14-21-23-18(24)16-4-6-17(7-5-16)22-19(26)20-12-15-8-10-25(13-15)9-3-11-27-2/h4-7,14-15H,3,8-13H2,1-2H3,(H2,20,22,26)/t15-/m0/s1. The number of nitrogens with one attached hydrogen (secondary N) is 2. The molecular weight excluding hydrogens is 344 g/mol. The maximum Gasteiger partial charge on any atom is 0.319 e. The van der Waals surface area contributed by atoms with Crippen LogP contribution in [0.2, 0.25) is 0 Å². The molecule has 0 aliphatic carbocycles. The van der Waals surface area contributed by atoms with E-state index in [9.17, 15) is 4.79 Å². The minimum atomic E-state index is -0.167. The Kier molecular flexibility index (Phi) is 6.78. The highest BCUT2D eigenvalue weighted by Crippen LogP contribution is 2.19. The quantitative estimate of drug-likeness (QED) is 0.692. The number of aryl methyl sites for hydroxylation is 1. The Labute approximate surface area is 159 Å². The number of hydrogen-bond donors (Lipinski definition) is 2. The van der Waals surface area contributed by atoms with Gasteiger partial charge in [0.25, 0.3) is 0 Å². The van der Waals surface area contributed by atoms with Crippen molar-refractivity contribution < 1.29 is 9.53 Å². The first kappa shape index (κ1) is 19.3. The third-order valence-corrected chi connectivity index (χ3v) is 4.86. The molecule has 1 saturated heterocycles. The summed E-state index contributed by atoms with van der Waals surface area (Å²) in [6, 6.07) is 7.43. The molecule has 0 radical (unpaired) electrons. The van der Waals surface area contributed by atoms with Crippen molar-refractivity contribution in [1.29, 1.82) is 0 Å². The van der Waals surface area contributed by atoms with E-state index in [-0.39, 0.29) is 6.03 Å². The number of nitrogens with zero attached hydrogens (tertiary/aromatic N) is 4. The van der Waals surface area contributed by atoms with Crippen LogP contribution in [0.15, 0.2) is 30.6 Å². The summed E-state index contributed by atoms with van der Waals surface area (Å²) >= 11 is 0. The summed E-state index contributed by atoms with van der Waals surface area (Å²) in [5.41, 5.74) is 1.71. The largest absolute Gasteiger partial charge is 0.385 e. The third-order valence-electron chi connectivity index (χ3n) is 4.86. The van der Waals surface area contributed by atoms with Crippen molar-refractivity contribution in [3.05, 3.63) is 30.6 Å². The minimum Gasteiger partial charge on any atom is -0.385 e. The molecule has 0 saturated carbocycles. The van der Waals surface area contributed by atoms with Crippen molar-refractivity contribution in [3.8, 4) is 11.4 Å². The Hall–Kier alpha value is -2.45. The summed E-state index contributed by atoms with van der Waals surface area (Å²) < 4.78 is 6.95. The number of hydrogen-bond acceptors (Lipinski definition) is 5. The number of likely N-dealkylation sites (tertiary alicyclic amines) is 1. The van der Waals surface area contributed by atoms with E-state index < -0.39 is 0 Å². The predicted molar refractivity (Wildman–Crippen MR) is 105 cm³/mol. The Morgan fingerprint density at radius 2 is 2.15 bits per heavy atom. The van der Waals surface area contributed by atoms with Crippen molar-refractivity contribution >= 4 is 11.7 Å². The summed E-state index contributed by atoms with van der Waals surface area (Å²) in [7, 11) is 3.63.